The monoisotopic (exact) mass is 324 g/mol. The van der Waals surface area contributed by atoms with Crippen LogP contribution in [0.1, 0.15) is 43.1 Å². The Balaban J connectivity index is 2.89. The van der Waals surface area contributed by atoms with Crippen molar-refractivity contribution in [2.75, 3.05) is 6.61 Å². The van der Waals surface area contributed by atoms with Crippen molar-refractivity contribution in [3.63, 3.8) is 0 Å². The molecule has 4 nitrogen and oxygen atoms in total. The molecule has 0 aromatic heterocycles. The number of benzene rings is 1. The molecule has 0 unspecified atom stereocenters. The molecule has 0 radical (unpaired) electrons. The molecule has 0 bridgehead atoms. The topological polar surface area (TPSA) is 52.6 Å². The third-order valence-electron chi connectivity index (χ3n) is 2.96. The summed E-state index contributed by atoms with van der Waals surface area (Å²) in [6.07, 6.45) is 3.23. The molecule has 1 aromatic rings. The lowest BCUT2D eigenvalue weighted by molar-refractivity contribution is -0.161. The first-order valence-corrected chi connectivity index (χ1v) is 7.49. The second kappa shape index (κ2) is 7.99. The van der Waals surface area contributed by atoms with Crippen molar-refractivity contribution < 1.29 is 19.1 Å². The van der Waals surface area contributed by atoms with Gasteiger partial charge < -0.3 is 9.47 Å². The molecule has 0 N–H and O–H groups in total. The summed E-state index contributed by atoms with van der Waals surface area (Å²) in [7, 11) is 0. The lowest BCUT2D eigenvalue weighted by atomic mass is 10.1. The summed E-state index contributed by atoms with van der Waals surface area (Å²) < 4.78 is 10.2. The van der Waals surface area contributed by atoms with Crippen LogP contribution in [0.3, 0.4) is 0 Å². The van der Waals surface area contributed by atoms with Gasteiger partial charge in [-0.05, 0) is 38.0 Å². The highest BCUT2D eigenvalue weighted by molar-refractivity contribution is 6.33. The fourth-order valence-corrected chi connectivity index (χ4v) is 2.00. The average Bonchev–Trinajstić information content (AvgIpc) is 2.46. The molecule has 0 heterocycles. The van der Waals surface area contributed by atoms with Crippen molar-refractivity contribution in [2.24, 2.45) is 0 Å². The van der Waals surface area contributed by atoms with E-state index in [1.807, 2.05) is 13.0 Å². The molecule has 0 aliphatic carbocycles. The summed E-state index contributed by atoms with van der Waals surface area (Å²) in [6, 6.07) is 5.22. The molecule has 0 aliphatic rings. The third-order valence-corrected chi connectivity index (χ3v) is 3.29. The molecular formula is C17H21ClO4. The van der Waals surface area contributed by atoms with Crippen LogP contribution in [0.2, 0.25) is 5.02 Å². The van der Waals surface area contributed by atoms with Gasteiger partial charge in [-0.1, -0.05) is 43.7 Å². The largest absolute Gasteiger partial charge is 0.459 e. The first-order valence-electron chi connectivity index (χ1n) is 7.11. The highest BCUT2D eigenvalue weighted by Gasteiger charge is 2.34. The molecule has 0 spiro atoms. The molecule has 5 heteroatoms. The van der Waals surface area contributed by atoms with Gasteiger partial charge in [-0.15, -0.1) is 0 Å². The predicted molar refractivity (Wildman–Crippen MR) is 86.1 cm³/mol. The highest BCUT2D eigenvalue weighted by Crippen LogP contribution is 2.22. The fourth-order valence-electron chi connectivity index (χ4n) is 1.81. The van der Waals surface area contributed by atoms with Gasteiger partial charge in [0.15, 0.2) is 0 Å². The minimum absolute atomic E-state index is 0.0621. The molecule has 0 saturated heterocycles. The SMILES string of the molecule is C=CCOC(=O)C(C)(C)OC(=O)c1cc(CCC)ccc1Cl. The van der Waals surface area contributed by atoms with E-state index in [9.17, 15) is 9.59 Å². The molecule has 0 atom stereocenters. The van der Waals surface area contributed by atoms with Crippen LogP contribution in [-0.2, 0) is 20.7 Å². The summed E-state index contributed by atoms with van der Waals surface area (Å²) in [6.45, 7) is 8.51. The van der Waals surface area contributed by atoms with Gasteiger partial charge in [0.1, 0.15) is 6.61 Å². The highest BCUT2D eigenvalue weighted by atomic mass is 35.5. The average molecular weight is 325 g/mol. The van der Waals surface area contributed by atoms with Gasteiger partial charge in [-0.3, -0.25) is 0 Å². The van der Waals surface area contributed by atoms with E-state index in [2.05, 4.69) is 6.58 Å². The molecule has 1 aromatic carbocycles. The molecule has 0 saturated carbocycles. The van der Waals surface area contributed by atoms with Gasteiger partial charge >= 0.3 is 11.9 Å². The van der Waals surface area contributed by atoms with Gasteiger partial charge in [0.2, 0.25) is 5.60 Å². The van der Waals surface area contributed by atoms with Gasteiger partial charge in [-0.25, -0.2) is 9.59 Å². The number of rotatable bonds is 7. The normalized spacial score (nSPS) is 10.9. The Hall–Kier alpha value is -1.81. The maximum absolute atomic E-state index is 12.3. The van der Waals surface area contributed by atoms with Crippen LogP contribution < -0.4 is 0 Å². The van der Waals surface area contributed by atoms with Gasteiger partial charge in [0.05, 0.1) is 10.6 Å². The molecular weight excluding hydrogens is 304 g/mol. The molecule has 0 fully saturated rings. The standard InChI is InChI=1S/C17H21ClO4/c1-5-7-12-8-9-14(18)13(11-12)15(19)22-17(3,4)16(20)21-10-6-2/h6,8-9,11H,2,5,7,10H2,1,3-4H3. The Morgan fingerprint density at radius 1 is 1.36 bits per heavy atom. The van der Waals surface area contributed by atoms with Gasteiger partial charge in [0, 0.05) is 0 Å². The van der Waals surface area contributed by atoms with E-state index in [4.69, 9.17) is 21.1 Å². The lowest BCUT2D eigenvalue weighted by Gasteiger charge is -2.23. The summed E-state index contributed by atoms with van der Waals surface area (Å²) in [4.78, 5) is 24.1. The zero-order chi connectivity index (χ0) is 16.8. The molecule has 0 amide bonds. The van der Waals surface area contributed by atoms with Crippen LogP contribution in [0.5, 0.6) is 0 Å². The van der Waals surface area contributed by atoms with Crippen LogP contribution in [0.4, 0.5) is 0 Å². The second-order valence-electron chi connectivity index (χ2n) is 5.35. The van der Waals surface area contributed by atoms with Gasteiger partial charge in [-0.2, -0.15) is 0 Å². The van der Waals surface area contributed by atoms with Crippen molar-refractivity contribution in [2.45, 2.75) is 39.2 Å². The zero-order valence-corrected chi connectivity index (χ0v) is 13.9. The lowest BCUT2D eigenvalue weighted by Crippen LogP contribution is -2.39. The molecule has 22 heavy (non-hydrogen) atoms. The Morgan fingerprint density at radius 2 is 2.05 bits per heavy atom. The Kier molecular flexibility index (Phi) is 6.62. The van der Waals surface area contributed by atoms with E-state index in [-0.39, 0.29) is 12.2 Å². The summed E-state index contributed by atoms with van der Waals surface area (Å²) in [5.74, 6) is -1.29. The summed E-state index contributed by atoms with van der Waals surface area (Å²) in [5, 5.41) is 0.292. The Bertz CT molecular complexity index is 564. The van der Waals surface area contributed by atoms with Crippen LogP contribution in [0.25, 0.3) is 0 Å². The first-order chi connectivity index (χ1) is 10.3. The van der Waals surface area contributed by atoms with E-state index in [0.717, 1.165) is 18.4 Å². The smallest absolute Gasteiger partial charge is 0.350 e. The maximum atomic E-state index is 12.3. The van der Waals surface area contributed by atoms with Crippen LogP contribution in [-0.4, -0.2) is 24.1 Å². The van der Waals surface area contributed by atoms with E-state index in [1.165, 1.54) is 19.9 Å². The molecule has 1 rings (SSSR count). The number of carbonyl (C=O) groups is 2. The van der Waals surface area contributed by atoms with Crippen molar-refractivity contribution in [1.29, 1.82) is 0 Å². The number of hydrogen-bond acceptors (Lipinski definition) is 4. The van der Waals surface area contributed by atoms with Crippen molar-refractivity contribution in [3.8, 4) is 0 Å². The quantitative estimate of drug-likeness (QED) is 0.563. The number of aryl methyl sites for hydroxylation is 1. The molecule has 0 aliphatic heterocycles. The molecule has 120 valence electrons. The first kappa shape index (κ1) is 18.2. The number of ether oxygens (including phenoxy) is 2. The second-order valence-corrected chi connectivity index (χ2v) is 5.76. The summed E-state index contributed by atoms with van der Waals surface area (Å²) in [5.41, 5.74) is -0.160. The van der Waals surface area contributed by atoms with Gasteiger partial charge in [0.25, 0.3) is 0 Å². The number of esters is 2. The van der Waals surface area contributed by atoms with Crippen LogP contribution in [0.15, 0.2) is 30.9 Å². The minimum Gasteiger partial charge on any atom is -0.459 e. The van der Waals surface area contributed by atoms with Crippen LogP contribution >= 0.6 is 11.6 Å². The third kappa shape index (κ3) is 4.88. The van der Waals surface area contributed by atoms with E-state index in [0.29, 0.717) is 5.02 Å². The van der Waals surface area contributed by atoms with Crippen molar-refractivity contribution in [1.82, 2.24) is 0 Å². The Morgan fingerprint density at radius 3 is 2.64 bits per heavy atom. The number of halogens is 1. The van der Waals surface area contributed by atoms with E-state index in [1.54, 1.807) is 12.1 Å². The van der Waals surface area contributed by atoms with E-state index >= 15 is 0 Å². The number of hydrogen-bond donors (Lipinski definition) is 0. The Labute approximate surface area is 136 Å². The number of carbonyl (C=O) groups excluding carboxylic acids is 2. The fraction of sp³-hybridized carbons (Fsp3) is 0.412. The van der Waals surface area contributed by atoms with Crippen molar-refractivity contribution in [3.05, 3.63) is 47.0 Å². The van der Waals surface area contributed by atoms with Crippen LogP contribution in [0, 0.1) is 0 Å². The minimum atomic E-state index is -1.40. The summed E-state index contributed by atoms with van der Waals surface area (Å²) >= 11 is 6.05. The maximum Gasteiger partial charge on any atom is 0.350 e. The van der Waals surface area contributed by atoms with Crippen molar-refractivity contribution >= 4 is 23.5 Å². The predicted octanol–water partition coefficient (Wildman–Crippen LogP) is 3.96. The van der Waals surface area contributed by atoms with E-state index < -0.39 is 17.5 Å². The zero-order valence-electron chi connectivity index (χ0n) is 13.1.